The van der Waals surface area contributed by atoms with Crippen molar-refractivity contribution in [3.05, 3.63) is 35.6 Å². The smallest absolute Gasteiger partial charge is 0.216 e. The highest BCUT2D eigenvalue weighted by atomic mass is 32.2. The van der Waals surface area contributed by atoms with Crippen LogP contribution in [0.5, 0.6) is 0 Å². The summed E-state index contributed by atoms with van der Waals surface area (Å²) in [5.74, 6) is -0.456. The van der Waals surface area contributed by atoms with E-state index in [1.54, 1.807) is 0 Å². The van der Waals surface area contributed by atoms with Crippen LogP contribution in [0.3, 0.4) is 0 Å². The minimum absolute atomic E-state index is 0.00504. The molecule has 0 saturated carbocycles. The highest BCUT2D eigenvalue weighted by Crippen LogP contribution is 2.15. The summed E-state index contributed by atoms with van der Waals surface area (Å²) >= 11 is 0. The number of nitrogens with zero attached hydrogens (tertiary/aromatic N) is 1. The van der Waals surface area contributed by atoms with Crippen LogP contribution in [0.1, 0.15) is 32.3 Å². The largest absolute Gasteiger partial charge is 0.301 e. The van der Waals surface area contributed by atoms with E-state index in [4.69, 9.17) is 0 Å². The first kappa shape index (κ1) is 16.4. The van der Waals surface area contributed by atoms with Crippen molar-refractivity contribution in [2.24, 2.45) is 0 Å². The van der Waals surface area contributed by atoms with Gasteiger partial charge in [0.2, 0.25) is 10.0 Å². The molecule has 118 valence electrons. The lowest BCUT2D eigenvalue weighted by atomic mass is 10.1. The molecule has 4 nitrogen and oxygen atoms in total. The van der Waals surface area contributed by atoms with E-state index in [1.165, 1.54) is 24.3 Å². The average molecular weight is 314 g/mol. The highest BCUT2D eigenvalue weighted by Gasteiger charge is 2.24. The summed E-state index contributed by atoms with van der Waals surface area (Å²) in [6, 6.07) is 6.09. The van der Waals surface area contributed by atoms with Crippen molar-refractivity contribution < 1.29 is 12.8 Å². The second-order valence-corrected chi connectivity index (χ2v) is 7.66. The van der Waals surface area contributed by atoms with Crippen molar-refractivity contribution in [1.29, 1.82) is 0 Å². The summed E-state index contributed by atoms with van der Waals surface area (Å²) in [6.45, 7) is 6.14. The minimum atomic E-state index is -3.38. The molecular formula is C15H23FN2O2S. The van der Waals surface area contributed by atoms with Crippen molar-refractivity contribution in [3.63, 3.8) is 0 Å². The zero-order valence-corrected chi connectivity index (χ0v) is 13.4. The number of halogens is 1. The van der Waals surface area contributed by atoms with E-state index in [0.717, 1.165) is 25.9 Å². The number of nitrogens with one attached hydrogen (secondary N) is 1. The molecule has 0 amide bonds. The lowest BCUT2D eigenvalue weighted by Crippen LogP contribution is -2.46. The van der Waals surface area contributed by atoms with Crippen LogP contribution in [0.15, 0.2) is 24.3 Å². The van der Waals surface area contributed by atoms with Gasteiger partial charge in [-0.15, -0.1) is 0 Å². The molecule has 2 rings (SSSR count). The standard InChI is InChI=1S/C15H23FN2O2S/c1-12(2)18-9-7-15(8-10-18)17-21(19,20)11-13-3-5-14(16)6-4-13/h3-6,12,15,17H,7-11H2,1-2H3. The number of benzene rings is 1. The Hall–Kier alpha value is -0.980. The summed E-state index contributed by atoms with van der Waals surface area (Å²) in [6.07, 6.45) is 1.67. The van der Waals surface area contributed by atoms with Gasteiger partial charge in [-0.2, -0.15) is 0 Å². The molecule has 6 heteroatoms. The topological polar surface area (TPSA) is 49.4 Å². The van der Waals surface area contributed by atoms with E-state index in [9.17, 15) is 12.8 Å². The van der Waals surface area contributed by atoms with Crippen LogP contribution in [0.2, 0.25) is 0 Å². The number of sulfonamides is 1. The molecule has 0 spiro atoms. The SMILES string of the molecule is CC(C)N1CCC(NS(=O)(=O)Cc2ccc(F)cc2)CC1. The minimum Gasteiger partial charge on any atom is -0.301 e. The summed E-state index contributed by atoms with van der Waals surface area (Å²) in [7, 11) is -3.38. The van der Waals surface area contributed by atoms with Crippen LogP contribution in [-0.2, 0) is 15.8 Å². The monoisotopic (exact) mass is 314 g/mol. The number of piperidine rings is 1. The van der Waals surface area contributed by atoms with Gasteiger partial charge in [0, 0.05) is 12.1 Å². The van der Waals surface area contributed by atoms with Gasteiger partial charge < -0.3 is 4.90 Å². The van der Waals surface area contributed by atoms with E-state index in [2.05, 4.69) is 23.5 Å². The molecule has 1 heterocycles. The molecule has 0 bridgehead atoms. The van der Waals surface area contributed by atoms with Crippen molar-refractivity contribution in [3.8, 4) is 0 Å². The summed E-state index contributed by atoms with van der Waals surface area (Å²) in [5, 5.41) is 0. The second-order valence-electron chi connectivity index (χ2n) is 5.91. The number of rotatable bonds is 5. The van der Waals surface area contributed by atoms with E-state index in [1.807, 2.05) is 0 Å². The van der Waals surface area contributed by atoms with Crippen molar-refractivity contribution in [2.75, 3.05) is 13.1 Å². The molecule has 1 N–H and O–H groups in total. The predicted molar refractivity (Wildman–Crippen MR) is 81.9 cm³/mol. The first-order valence-electron chi connectivity index (χ1n) is 7.34. The third-order valence-corrected chi connectivity index (χ3v) is 5.28. The van der Waals surface area contributed by atoms with Crippen LogP contribution in [0.25, 0.3) is 0 Å². The summed E-state index contributed by atoms with van der Waals surface area (Å²) < 4.78 is 39.9. The Kier molecular flexibility index (Phi) is 5.35. The molecule has 1 aromatic rings. The zero-order chi connectivity index (χ0) is 15.5. The van der Waals surface area contributed by atoms with E-state index < -0.39 is 10.0 Å². The second kappa shape index (κ2) is 6.85. The van der Waals surface area contributed by atoms with Gasteiger partial charge in [-0.3, -0.25) is 0 Å². The van der Waals surface area contributed by atoms with Crippen LogP contribution >= 0.6 is 0 Å². The molecule has 1 saturated heterocycles. The molecule has 0 aromatic heterocycles. The Morgan fingerprint density at radius 2 is 1.81 bits per heavy atom. The first-order chi connectivity index (χ1) is 9.85. The normalized spacial score (nSPS) is 18.3. The Morgan fingerprint density at radius 3 is 2.33 bits per heavy atom. The number of hydrogen-bond donors (Lipinski definition) is 1. The summed E-state index contributed by atoms with van der Waals surface area (Å²) in [5.41, 5.74) is 0.600. The van der Waals surface area contributed by atoms with Gasteiger partial charge in [-0.1, -0.05) is 12.1 Å². The first-order valence-corrected chi connectivity index (χ1v) is 8.99. The van der Waals surface area contributed by atoms with Gasteiger partial charge in [0.15, 0.2) is 0 Å². The van der Waals surface area contributed by atoms with Gasteiger partial charge in [-0.25, -0.2) is 17.5 Å². The molecule has 1 aromatic carbocycles. The molecule has 0 aliphatic carbocycles. The Bertz CT molecular complexity index is 550. The fraction of sp³-hybridized carbons (Fsp3) is 0.600. The molecular weight excluding hydrogens is 291 g/mol. The van der Waals surface area contributed by atoms with Crippen LogP contribution in [0.4, 0.5) is 4.39 Å². The van der Waals surface area contributed by atoms with Crippen molar-refractivity contribution >= 4 is 10.0 Å². The molecule has 0 radical (unpaired) electrons. The lowest BCUT2D eigenvalue weighted by Gasteiger charge is -2.34. The predicted octanol–water partition coefficient (Wildman–Crippen LogP) is 2.12. The maximum atomic E-state index is 12.8. The maximum Gasteiger partial charge on any atom is 0.216 e. The van der Waals surface area contributed by atoms with E-state index in [-0.39, 0.29) is 17.6 Å². The highest BCUT2D eigenvalue weighted by molar-refractivity contribution is 7.88. The quantitative estimate of drug-likeness (QED) is 0.905. The Morgan fingerprint density at radius 1 is 1.24 bits per heavy atom. The lowest BCUT2D eigenvalue weighted by molar-refractivity contribution is 0.168. The third kappa shape index (κ3) is 5.05. The van der Waals surface area contributed by atoms with E-state index in [0.29, 0.717) is 11.6 Å². The van der Waals surface area contributed by atoms with Gasteiger partial charge >= 0.3 is 0 Å². The third-order valence-electron chi connectivity index (χ3n) is 3.88. The Labute approximate surface area is 126 Å². The van der Waals surface area contributed by atoms with Gasteiger partial charge in [-0.05, 0) is 57.5 Å². The molecule has 1 fully saturated rings. The fourth-order valence-corrected chi connectivity index (χ4v) is 4.09. The van der Waals surface area contributed by atoms with Gasteiger partial charge in [0.1, 0.15) is 5.82 Å². The molecule has 0 unspecified atom stereocenters. The Balaban J connectivity index is 1.88. The summed E-state index contributed by atoms with van der Waals surface area (Å²) in [4.78, 5) is 2.35. The van der Waals surface area contributed by atoms with E-state index >= 15 is 0 Å². The van der Waals surface area contributed by atoms with Gasteiger partial charge in [0.05, 0.1) is 5.75 Å². The number of hydrogen-bond acceptors (Lipinski definition) is 3. The molecule has 0 atom stereocenters. The zero-order valence-electron chi connectivity index (χ0n) is 12.5. The molecule has 1 aliphatic heterocycles. The molecule has 21 heavy (non-hydrogen) atoms. The van der Waals surface area contributed by atoms with Crippen molar-refractivity contribution in [1.82, 2.24) is 9.62 Å². The van der Waals surface area contributed by atoms with Crippen LogP contribution in [0, 0.1) is 5.82 Å². The van der Waals surface area contributed by atoms with Crippen molar-refractivity contribution in [2.45, 2.75) is 44.5 Å². The van der Waals surface area contributed by atoms with Crippen LogP contribution < -0.4 is 4.72 Å². The average Bonchev–Trinajstić information content (AvgIpc) is 2.41. The van der Waals surface area contributed by atoms with Crippen LogP contribution in [-0.4, -0.2) is 38.5 Å². The van der Waals surface area contributed by atoms with Gasteiger partial charge in [0.25, 0.3) is 0 Å². The fourth-order valence-electron chi connectivity index (χ4n) is 2.63. The molecule has 1 aliphatic rings. The maximum absolute atomic E-state index is 12.8. The number of likely N-dealkylation sites (tertiary alicyclic amines) is 1.